The van der Waals surface area contributed by atoms with Gasteiger partial charge in [-0.05, 0) is 55.2 Å². The highest BCUT2D eigenvalue weighted by molar-refractivity contribution is 7.80. The van der Waals surface area contributed by atoms with Crippen LogP contribution >= 0.6 is 12.2 Å². The maximum atomic E-state index is 5.60. The molecule has 1 aliphatic rings. The molecule has 108 valence electrons. The van der Waals surface area contributed by atoms with E-state index in [1.165, 1.54) is 18.4 Å². The monoisotopic (exact) mass is 298 g/mol. The van der Waals surface area contributed by atoms with Gasteiger partial charge in [0.1, 0.15) is 0 Å². The average Bonchev–Trinajstić information content (AvgIpc) is 2.56. The Morgan fingerprint density at radius 1 is 1.14 bits per heavy atom. The first kappa shape index (κ1) is 13.9. The van der Waals surface area contributed by atoms with Crippen LogP contribution in [0.25, 0.3) is 0 Å². The molecule has 0 bridgehead atoms. The van der Waals surface area contributed by atoms with Crippen molar-refractivity contribution in [2.24, 2.45) is 0 Å². The zero-order valence-corrected chi connectivity index (χ0v) is 12.6. The molecule has 0 spiro atoms. The van der Waals surface area contributed by atoms with Crippen LogP contribution in [0.2, 0.25) is 0 Å². The van der Waals surface area contributed by atoms with E-state index < -0.39 is 0 Å². The second-order valence-electron chi connectivity index (χ2n) is 5.16. The van der Waals surface area contributed by atoms with Crippen LogP contribution in [0, 0.1) is 0 Å². The van der Waals surface area contributed by atoms with E-state index in [0.29, 0.717) is 6.04 Å². The number of hydrogen-bond donors (Lipinski definition) is 1. The minimum atomic E-state index is 0.309. The topological polar surface area (TPSA) is 41.1 Å². The van der Waals surface area contributed by atoms with Crippen molar-refractivity contribution in [3.63, 3.8) is 0 Å². The summed E-state index contributed by atoms with van der Waals surface area (Å²) < 4.78 is 0. The van der Waals surface area contributed by atoms with Gasteiger partial charge in [0, 0.05) is 25.1 Å². The third-order valence-corrected chi connectivity index (χ3v) is 4.08. The van der Waals surface area contributed by atoms with Crippen LogP contribution in [0.15, 0.2) is 49.1 Å². The second-order valence-corrected chi connectivity index (χ2v) is 5.55. The summed E-state index contributed by atoms with van der Waals surface area (Å²) in [5.74, 6) is 0. The Bertz CT molecular complexity index is 588. The lowest BCUT2D eigenvalue weighted by Crippen LogP contribution is -2.41. The molecule has 1 aliphatic heterocycles. The van der Waals surface area contributed by atoms with Gasteiger partial charge in [-0.3, -0.25) is 9.97 Å². The number of rotatable bonds is 2. The zero-order chi connectivity index (χ0) is 14.5. The Labute approximate surface area is 130 Å². The first-order chi connectivity index (χ1) is 10.3. The molecule has 1 N–H and O–H groups in total. The second kappa shape index (κ2) is 6.63. The van der Waals surface area contributed by atoms with E-state index in [2.05, 4.69) is 26.3 Å². The normalized spacial score (nSPS) is 18.3. The first-order valence-corrected chi connectivity index (χ1v) is 7.63. The fourth-order valence-corrected chi connectivity index (χ4v) is 3.06. The summed E-state index contributed by atoms with van der Waals surface area (Å²) in [6, 6.07) is 8.30. The average molecular weight is 298 g/mol. The van der Waals surface area contributed by atoms with E-state index in [-0.39, 0.29) is 0 Å². The zero-order valence-electron chi connectivity index (χ0n) is 11.8. The third kappa shape index (κ3) is 3.36. The summed E-state index contributed by atoms with van der Waals surface area (Å²) in [5, 5.41) is 4.05. The number of anilines is 1. The lowest BCUT2D eigenvalue weighted by molar-refractivity contribution is 0.248. The van der Waals surface area contributed by atoms with Gasteiger partial charge in [-0.2, -0.15) is 0 Å². The largest absolute Gasteiger partial charge is 0.342 e. The van der Waals surface area contributed by atoms with E-state index >= 15 is 0 Å². The molecular formula is C16H18N4S. The minimum absolute atomic E-state index is 0.309. The van der Waals surface area contributed by atoms with Crippen molar-refractivity contribution in [3.05, 3.63) is 54.6 Å². The number of hydrogen-bond acceptors (Lipinski definition) is 3. The molecule has 0 saturated carbocycles. The molecule has 2 aromatic rings. The summed E-state index contributed by atoms with van der Waals surface area (Å²) in [5.41, 5.74) is 2.16. The van der Waals surface area contributed by atoms with Crippen molar-refractivity contribution >= 4 is 23.0 Å². The molecular weight excluding hydrogens is 280 g/mol. The maximum absolute atomic E-state index is 5.60. The van der Waals surface area contributed by atoms with E-state index in [0.717, 1.165) is 23.8 Å². The molecule has 1 unspecified atom stereocenters. The molecule has 1 saturated heterocycles. The van der Waals surface area contributed by atoms with Gasteiger partial charge in [-0.15, -0.1) is 0 Å². The number of nitrogens with zero attached hydrogens (tertiary/aromatic N) is 3. The van der Waals surface area contributed by atoms with Crippen LogP contribution in [0.4, 0.5) is 5.69 Å². The molecule has 0 aromatic carbocycles. The number of pyridine rings is 2. The Morgan fingerprint density at radius 3 is 2.67 bits per heavy atom. The van der Waals surface area contributed by atoms with Crippen molar-refractivity contribution in [1.82, 2.24) is 14.9 Å². The number of aromatic nitrogens is 2. The number of thiocarbonyl (C=S) groups is 1. The van der Waals surface area contributed by atoms with Crippen molar-refractivity contribution in [2.45, 2.75) is 25.3 Å². The SMILES string of the molecule is S=C(Nc1cccnc1)N1CCCCC1c1cccnc1. The van der Waals surface area contributed by atoms with E-state index in [4.69, 9.17) is 12.2 Å². The quantitative estimate of drug-likeness (QED) is 0.861. The standard InChI is InChI=1S/C16H18N4S/c21-16(19-14-6-4-9-18-12-14)20-10-2-1-7-15(20)13-5-3-8-17-11-13/h3-6,8-9,11-12,15H,1-2,7,10H2,(H,19,21). The van der Waals surface area contributed by atoms with Gasteiger partial charge in [0.25, 0.3) is 0 Å². The highest BCUT2D eigenvalue weighted by Crippen LogP contribution is 2.30. The summed E-state index contributed by atoms with van der Waals surface area (Å²) in [4.78, 5) is 10.6. The smallest absolute Gasteiger partial charge is 0.173 e. The van der Waals surface area contributed by atoms with Crippen LogP contribution in [0.1, 0.15) is 30.9 Å². The van der Waals surface area contributed by atoms with Gasteiger partial charge < -0.3 is 10.2 Å². The number of nitrogens with one attached hydrogen (secondary N) is 1. The van der Waals surface area contributed by atoms with Crippen LogP contribution in [-0.2, 0) is 0 Å². The molecule has 5 heteroatoms. The fourth-order valence-electron chi connectivity index (χ4n) is 2.73. The molecule has 1 fully saturated rings. The van der Waals surface area contributed by atoms with Gasteiger partial charge in [0.05, 0.1) is 17.9 Å². The Balaban J connectivity index is 1.76. The molecule has 3 heterocycles. The van der Waals surface area contributed by atoms with Crippen molar-refractivity contribution in [1.29, 1.82) is 0 Å². The van der Waals surface area contributed by atoms with Crippen LogP contribution < -0.4 is 5.32 Å². The summed E-state index contributed by atoms with van der Waals surface area (Å²) in [6.45, 7) is 0.978. The van der Waals surface area contributed by atoms with Gasteiger partial charge in [-0.25, -0.2) is 0 Å². The summed E-state index contributed by atoms with van der Waals surface area (Å²) in [7, 11) is 0. The van der Waals surface area contributed by atoms with Gasteiger partial charge in [0.15, 0.2) is 5.11 Å². The van der Waals surface area contributed by atoms with Gasteiger partial charge in [-0.1, -0.05) is 6.07 Å². The third-order valence-electron chi connectivity index (χ3n) is 3.75. The minimum Gasteiger partial charge on any atom is -0.342 e. The van der Waals surface area contributed by atoms with E-state index in [9.17, 15) is 0 Å². The predicted octanol–water partition coefficient (Wildman–Crippen LogP) is 3.40. The highest BCUT2D eigenvalue weighted by Gasteiger charge is 2.26. The fraction of sp³-hybridized carbons (Fsp3) is 0.312. The van der Waals surface area contributed by atoms with Crippen LogP contribution in [-0.4, -0.2) is 26.5 Å². The molecule has 3 rings (SSSR count). The van der Waals surface area contributed by atoms with Crippen LogP contribution in [0.5, 0.6) is 0 Å². The lowest BCUT2D eigenvalue weighted by atomic mass is 9.97. The number of likely N-dealkylation sites (tertiary alicyclic amines) is 1. The van der Waals surface area contributed by atoms with Crippen molar-refractivity contribution < 1.29 is 0 Å². The molecule has 1 atom stereocenters. The Morgan fingerprint density at radius 2 is 1.95 bits per heavy atom. The van der Waals surface area contributed by atoms with Crippen molar-refractivity contribution in [2.75, 3.05) is 11.9 Å². The van der Waals surface area contributed by atoms with Gasteiger partial charge >= 0.3 is 0 Å². The Hall–Kier alpha value is -2.01. The summed E-state index contributed by atoms with van der Waals surface area (Å²) >= 11 is 5.60. The Kier molecular flexibility index (Phi) is 4.40. The first-order valence-electron chi connectivity index (χ1n) is 7.22. The molecule has 0 aliphatic carbocycles. The molecule has 0 amide bonds. The van der Waals surface area contributed by atoms with E-state index in [1.807, 2.05) is 30.6 Å². The van der Waals surface area contributed by atoms with E-state index in [1.54, 1.807) is 12.4 Å². The van der Waals surface area contributed by atoms with Crippen LogP contribution in [0.3, 0.4) is 0 Å². The predicted molar refractivity (Wildman–Crippen MR) is 88.0 cm³/mol. The highest BCUT2D eigenvalue weighted by atomic mass is 32.1. The van der Waals surface area contributed by atoms with Gasteiger partial charge in [0.2, 0.25) is 0 Å². The molecule has 0 radical (unpaired) electrons. The lowest BCUT2D eigenvalue weighted by Gasteiger charge is -2.37. The summed E-state index contributed by atoms with van der Waals surface area (Å²) in [6.07, 6.45) is 10.8. The molecule has 2 aromatic heterocycles. The van der Waals surface area contributed by atoms with Crippen molar-refractivity contribution in [3.8, 4) is 0 Å². The molecule has 4 nitrogen and oxygen atoms in total. The number of piperidine rings is 1. The molecule has 21 heavy (non-hydrogen) atoms. The maximum Gasteiger partial charge on any atom is 0.173 e.